The fourth-order valence-corrected chi connectivity index (χ4v) is 8.00. The maximum Gasteiger partial charge on any atom is 0.306 e. The zero-order valence-corrected chi connectivity index (χ0v) is 45.0. The van der Waals surface area contributed by atoms with Gasteiger partial charge in [-0.05, 0) is 51.4 Å². The Morgan fingerprint density at radius 3 is 1.25 bits per heavy atom. The molecule has 0 N–H and O–H groups in total. The zero-order chi connectivity index (χ0) is 49.9. The van der Waals surface area contributed by atoms with Crippen molar-refractivity contribution >= 4 is 17.9 Å². The first-order chi connectivity index (χ1) is 33.1. The molecule has 0 saturated heterocycles. The van der Waals surface area contributed by atoms with Crippen LogP contribution >= 0.6 is 0 Å². The molecule has 68 heavy (non-hydrogen) atoms. The second-order valence-corrected chi connectivity index (χ2v) is 20.2. The molecule has 0 aromatic rings. The minimum absolute atomic E-state index is 0.144. The molecule has 0 aromatic carbocycles. The lowest BCUT2D eigenvalue weighted by molar-refractivity contribution is -0.870. The topological polar surface area (TPSA) is 111 Å². The number of rotatable bonds is 52. The van der Waals surface area contributed by atoms with E-state index in [1.165, 1.54) is 135 Å². The lowest BCUT2D eigenvalue weighted by atomic mass is 10.0. The van der Waals surface area contributed by atoms with Crippen molar-refractivity contribution < 1.29 is 42.9 Å². The number of ether oxygens (including phenoxy) is 4. The Morgan fingerprint density at radius 2 is 0.838 bits per heavy atom. The highest BCUT2D eigenvalue weighted by molar-refractivity contribution is 5.70. The van der Waals surface area contributed by atoms with E-state index in [0.29, 0.717) is 23.9 Å². The smallest absolute Gasteiger partial charge is 0.306 e. The fraction of sp³-hybridized carbons (Fsp3) is 0.814. The second kappa shape index (κ2) is 50.6. The quantitative estimate of drug-likeness (QED) is 0.0195. The monoisotopic (exact) mass is 958 g/mol. The average molecular weight is 959 g/mol. The minimum Gasteiger partial charge on any atom is -0.545 e. The number of allylic oxidation sites excluding steroid dienone is 8. The van der Waals surface area contributed by atoms with Gasteiger partial charge in [0.1, 0.15) is 13.2 Å². The van der Waals surface area contributed by atoms with E-state index in [9.17, 15) is 19.5 Å². The van der Waals surface area contributed by atoms with Gasteiger partial charge in [0.2, 0.25) is 0 Å². The molecule has 2 atom stereocenters. The third-order valence-corrected chi connectivity index (χ3v) is 12.3. The van der Waals surface area contributed by atoms with Crippen LogP contribution in [0.15, 0.2) is 48.6 Å². The highest BCUT2D eigenvalue weighted by atomic mass is 16.7. The number of carbonyl (C=O) groups excluding carboxylic acids is 3. The van der Waals surface area contributed by atoms with Crippen LogP contribution in [-0.4, -0.2) is 82.3 Å². The Hall–Kier alpha value is -2.75. The molecule has 0 heterocycles. The third kappa shape index (κ3) is 51.1. The first-order valence-electron chi connectivity index (χ1n) is 28.3. The number of nitrogens with zero attached hydrogens (tertiary/aromatic N) is 1. The van der Waals surface area contributed by atoms with E-state index in [2.05, 4.69) is 62.5 Å². The summed E-state index contributed by atoms with van der Waals surface area (Å²) in [5.41, 5.74) is 0. The maximum atomic E-state index is 12.8. The molecule has 0 radical (unpaired) electrons. The predicted molar refractivity (Wildman–Crippen MR) is 283 cm³/mol. The van der Waals surface area contributed by atoms with Gasteiger partial charge in [-0.2, -0.15) is 0 Å². The van der Waals surface area contributed by atoms with Crippen molar-refractivity contribution in [1.82, 2.24) is 0 Å². The summed E-state index contributed by atoms with van der Waals surface area (Å²) in [6, 6.07) is 0. The fourth-order valence-electron chi connectivity index (χ4n) is 8.00. The molecule has 9 nitrogen and oxygen atoms in total. The number of unbranched alkanes of at least 4 members (excludes halogenated alkanes) is 29. The van der Waals surface area contributed by atoms with E-state index in [-0.39, 0.29) is 32.2 Å². The van der Waals surface area contributed by atoms with Crippen LogP contribution in [-0.2, 0) is 33.3 Å². The van der Waals surface area contributed by atoms with E-state index >= 15 is 0 Å². The van der Waals surface area contributed by atoms with Crippen molar-refractivity contribution in [3.05, 3.63) is 48.6 Å². The molecule has 396 valence electrons. The number of aliphatic carboxylic acids is 1. The Bertz CT molecular complexity index is 1250. The molecular weight excluding hydrogens is 851 g/mol. The number of hydrogen-bond acceptors (Lipinski definition) is 8. The van der Waals surface area contributed by atoms with Crippen molar-refractivity contribution in [2.24, 2.45) is 0 Å². The molecular formula is C59H107NO8. The van der Waals surface area contributed by atoms with Crippen molar-refractivity contribution in [3.8, 4) is 0 Å². The van der Waals surface area contributed by atoms with Crippen LogP contribution in [0.2, 0.25) is 0 Å². The standard InChI is InChI=1S/C59H107NO8/c1-6-8-10-12-14-16-18-20-22-24-26-27-28-29-30-32-33-35-37-39-41-43-45-47-49-56(61)66-53-55(54-67-59(58(63)64)65-52-51-60(3,4)5)68-57(62)50-48-46-44-42-40-38-36-34-31-25-23-21-19-17-15-13-11-9-7-2/h9,11,15,17,21,23,31,34,55,59H,6-8,10,12-14,16,18-20,22,24-30,32-33,35-54H2,1-5H3/b11-9-,17-15-,23-21-,34-31-. The lowest BCUT2D eigenvalue weighted by Crippen LogP contribution is -2.44. The SMILES string of the molecule is CC/C=C\C/C=C\C/C=C\C/C=C\CCCCCCCCC(=O)OC(COC(=O)CCCCCCCCCCCCCCCCCCCCCCCCCC)COC(OCC[N+](C)(C)C)C(=O)[O-]. The van der Waals surface area contributed by atoms with Crippen LogP contribution in [0.3, 0.4) is 0 Å². The molecule has 9 heteroatoms. The van der Waals surface area contributed by atoms with Crippen LogP contribution in [0, 0.1) is 0 Å². The summed E-state index contributed by atoms with van der Waals surface area (Å²) in [7, 11) is 5.92. The van der Waals surface area contributed by atoms with Crippen LogP contribution < -0.4 is 5.11 Å². The highest BCUT2D eigenvalue weighted by Gasteiger charge is 2.22. The van der Waals surface area contributed by atoms with Crippen LogP contribution in [0.1, 0.15) is 251 Å². The van der Waals surface area contributed by atoms with Gasteiger partial charge in [0, 0.05) is 12.8 Å². The van der Waals surface area contributed by atoms with E-state index < -0.39 is 24.3 Å². The molecule has 0 aliphatic heterocycles. The van der Waals surface area contributed by atoms with E-state index in [4.69, 9.17) is 18.9 Å². The predicted octanol–water partition coefficient (Wildman–Crippen LogP) is 15.0. The number of carbonyl (C=O) groups is 3. The normalized spacial score (nSPS) is 13.1. The molecule has 0 bridgehead atoms. The molecule has 0 aliphatic carbocycles. The number of carboxylic acids is 1. The van der Waals surface area contributed by atoms with Gasteiger partial charge >= 0.3 is 11.9 Å². The molecule has 0 aromatic heterocycles. The van der Waals surface area contributed by atoms with Crippen molar-refractivity contribution in [1.29, 1.82) is 0 Å². The highest BCUT2D eigenvalue weighted by Crippen LogP contribution is 2.17. The van der Waals surface area contributed by atoms with Crippen LogP contribution in [0.5, 0.6) is 0 Å². The molecule has 0 rings (SSSR count). The van der Waals surface area contributed by atoms with Gasteiger partial charge in [0.15, 0.2) is 12.4 Å². The van der Waals surface area contributed by atoms with Crippen molar-refractivity contribution in [2.75, 3.05) is 47.5 Å². The number of carboxylic acid groups (broad SMARTS) is 1. The molecule has 2 unspecified atom stereocenters. The zero-order valence-electron chi connectivity index (χ0n) is 45.0. The van der Waals surface area contributed by atoms with E-state index in [0.717, 1.165) is 83.5 Å². The summed E-state index contributed by atoms with van der Waals surface area (Å²) in [5.74, 6) is -2.29. The van der Waals surface area contributed by atoms with E-state index in [1.807, 2.05) is 21.1 Å². The number of esters is 2. The summed E-state index contributed by atoms with van der Waals surface area (Å²) in [6.07, 6.45) is 58.7. The molecule has 0 fully saturated rings. The minimum atomic E-state index is -1.62. The van der Waals surface area contributed by atoms with Crippen LogP contribution in [0.4, 0.5) is 0 Å². The van der Waals surface area contributed by atoms with Gasteiger partial charge in [-0.15, -0.1) is 0 Å². The number of likely N-dealkylation sites (N-methyl/N-ethyl adjacent to an activating group) is 1. The van der Waals surface area contributed by atoms with Gasteiger partial charge in [0.05, 0.1) is 40.3 Å². The van der Waals surface area contributed by atoms with Crippen LogP contribution in [0.25, 0.3) is 0 Å². The summed E-state index contributed by atoms with van der Waals surface area (Å²) >= 11 is 0. The summed E-state index contributed by atoms with van der Waals surface area (Å²) in [5, 5.41) is 11.8. The average Bonchev–Trinajstić information content (AvgIpc) is 3.30. The van der Waals surface area contributed by atoms with Crippen molar-refractivity contribution in [2.45, 2.75) is 264 Å². The summed E-state index contributed by atoms with van der Waals surface area (Å²) in [4.78, 5) is 37.2. The Balaban J connectivity index is 4.24. The maximum absolute atomic E-state index is 12.8. The second-order valence-electron chi connectivity index (χ2n) is 20.2. The van der Waals surface area contributed by atoms with Gasteiger partial charge in [0.25, 0.3) is 0 Å². The van der Waals surface area contributed by atoms with Crippen molar-refractivity contribution in [3.63, 3.8) is 0 Å². The summed E-state index contributed by atoms with van der Waals surface area (Å²) < 4.78 is 22.7. The first kappa shape index (κ1) is 65.2. The number of quaternary nitrogens is 1. The van der Waals surface area contributed by atoms with Gasteiger partial charge < -0.3 is 33.3 Å². The Labute approximate surface area is 419 Å². The van der Waals surface area contributed by atoms with Gasteiger partial charge in [-0.3, -0.25) is 9.59 Å². The van der Waals surface area contributed by atoms with Gasteiger partial charge in [-0.1, -0.05) is 236 Å². The summed E-state index contributed by atoms with van der Waals surface area (Å²) in [6.45, 7) is 4.65. The lowest BCUT2D eigenvalue weighted by Gasteiger charge is -2.26. The molecule has 0 spiro atoms. The third-order valence-electron chi connectivity index (χ3n) is 12.3. The molecule has 0 aliphatic rings. The Morgan fingerprint density at radius 1 is 0.456 bits per heavy atom. The Kier molecular flexibility index (Phi) is 48.6. The largest absolute Gasteiger partial charge is 0.545 e. The number of hydrogen-bond donors (Lipinski definition) is 0. The molecule has 0 amide bonds. The van der Waals surface area contributed by atoms with Gasteiger partial charge in [-0.25, -0.2) is 0 Å². The molecule has 0 saturated carbocycles. The van der Waals surface area contributed by atoms with E-state index in [1.54, 1.807) is 0 Å². The first-order valence-corrected chi connectivity index (χ1v) is 28.3.